The van der Waals surface area contributed by atoms with Gasteiger partial charge in [0.25, 0.3) is 11.5 Å². The molecule has 0 radical (unpaired) electrons. The number of aromatic nitrogens is 1. The Balaban J connectivity index is 1.86. The Morgan fingerprint density at radius 1 is 1.29 bits per heavy atom. The summed E-state index contributed by atoms with van der Waals surface area (Å²) in [5, 5.41) is 2.86. The third-order valence-corrected chi connectivity index (χ3v) is 5.04. The zero-order valence-corrected chi connectivity index (χ0v) is 14.3. The average molecular weight is 344 g/mol. The molecule has 2 atom stereocenters. The smallest absolute Gasteiger partial charge is 0.261 e. The highest BCUT2D eigenvalue weighted by Gasteiger charge is 2.21. The number of H-pyrrole nitrogens is 1. The minimum absolute atomic E-state index is 0.124. The number of rotatable bonds is 5. The third kappa shape index (κ3) is 3.64. The fourth-order valence-electron chi connectivity index (χ4n) is 3.06. The van der Waals surface area contributed by atoms with E-state index in [1.54, 1.807) is 12.3 Å². The summed E-state index contributed by atoms with van der Waals surface area (Å²) in [6.07, 6.45) is 4.34. The van der Waals surface area contributed by atoms with E-state index in [4.69, 9.17) is 0 Å². The molecule has 0 spiro atoms. The molecule has 2 N–H and O–H groups in total. The van der Waals surface area contributed by atoms with Crippen molar-refractivity contribution in [2.24, 2.45) is 0 Å². The zero-order chi connectivity index (χ0) is 17.1. The number of aromatic amines is 1. The molecule has 0 saturated heterocycles. The van der Waals surface area contributed by atoms with E-state index in [1.807, 2.05) is 30.3 Å². The van der Waals surface area contributed by atoms with Crippen molar-refractivity contribution in [3.63, 3.8) is 0 Å². The molecule has 1 heterocycles. The van der Waals surface area contributed by atoms with Crippen molar-refractivity contribution in [2.45, 2.75) is 25.3 Å². The fraction of sp³-hybridized carbons (Fsp3) is 0.333. The largest absolute Gasteiger partial charge is 0.344 e. The number of amides is 1. The van der Waals surface area contributed by atoms with Crippen LogP contribution in [-0.4, -0.2) is 27.1 Å². The van der Waals surface area contributed by atoms with E-state index in [9.17, 15) is 13.8 Å². The van der Waals surface area contributed by atoms with Gasteiger partial charge in [-0.3, -0.25) is 13.8 Å². The predicted molar refractivity (Wildman–Crippen MR) is 94.7 cm³/mol. The Morgan fingerprint density at radius 3 is 2.75 bits per heavy atom. The summed E-state index contributed by atoms with van der Waals surface area (Å²) >= 11 is 0. The van der Waals surface area contributed by atoms with Gasteiger partial charge in [0.05, 0.1) is 6.04 Å². The third-order valence-electron chi connectivity index (χ3n) is 4.24. The van der Waals surface area contributed by atoms with Gasteiger partial charge in [0, 0.05) is 28.5 Å². The van der Waals surface area contributed by atoms with Crippen LogP contribution in [0.5, 0.6) is 0 Å². The molecule has 0 aliphatic heterocycles. The number of hydrogen-bond donors (Lipinski definition) is 2. The lowest BCUT2D eigenvalue weighted by atomic mass is 10.1. The first kappa shape index (κ1) is 16.6. The first-order chi connectivity index (χ1) is 11.5. The van der Waals surface area contributed by atoms with Crippen molar-refractivity contribution in [1.29, 1.82) is 0 Å². The van der Waals surface area contributed by atoms with Gasteiger partial charge in [-0.25, -0.2) is 0 Å². The van der Waals surface area contributed by atoms with E-state index in [-0.39, 0.29) is 11.1 Å². The summed E-state index contributed by atoms with van der Waals surface area (Å²) in [5.74, 6) is -0.122. The van der Waals surface area contributed by atoms with Gasteiger partial charge in [0.2, 0.25) is 0 Å². The maximum Gasteiger partial charge on any atom is 0.261 e. The van der Waals surface area contributed by atoms with Crippen LogP contribution in [-0.2, 0) is 23.6 Å². The lowest BCUT2D eigenvalue weighted by Gasteiger charge is -2.18. The summed E-state index contributed by atoms with van der Waals surface area (Å²) < 4.78 is 11.7. The quantitative estimate of drug-likeness (QED) is 0.867. The van der Waals surface area contributed by atoms with Crippen LogP contribution < -0.4 is 10.9 Å². The van der Waals surface area contributed by atoms with E-state index in [0.717, 1.165) is 36.1 Å². The van der Waals surface area contributed by atoms with Gasteiger partial charge >= 0.3 is 0 Å². The number of benzene rings is 1. The number of pyridine rings is 1. The van der Waals surface area contributed by atoms with Gasteiger partial charge in [0.15, 0.2) is 0 Å². The van der Waals surface area contributed by atoms with Crippen LogP contribution in [0.1, 0.15) is 39.6 Å². The van der Waals surface area contributed by atoms with Crippen molar-refractivity contribution in [2.75, 3.05) is 12.0 Å². The fourth-order valence-corrected chi connectivity index (χ4v) is 3.80. The second-order valence-corrected chi connectivity index (χ2v) is 7.53. The van der Waals surface area contributed by atoms with E-state index in [2.05, 4.69) is 10.3 Å². The molecule has 6 heteroatoms. The minimum Gasteiger partial charge on any atom is -0.344 e. The van der Waals surface area contributed by atoms with Crippen LogP contribution >= 0.6 is 0 Å². The second-order valence-electron chi connectivity index (χ2n) is 6.05. The Hall–Kier alpha value is -2.21. The van der Waals surface area contributed by atoms with Gasteiger partial charge in [-0.2, -0.15) is 0 Å². The number of hydrogen-bond acceptors (Lipinski definition) is 3. The number of carbonyl (C=O) groups is 1. The van der Waals surface area contributed by atoms with Gasteiger partial charge < -0.3 is 10.3 Å². The number of carbonyl (C=O) groups excluding carboxylic acids is 1. The Bertz CT molecular complexity index is 830. The number of fused-ring (bicyclic) bond motifs is 1. The summed E-state index contributed by atoms with van der Waals surface area (Å²) in [6, 6.07) is 10.7. The molecule has 1 aliphatic carbocycles. The van der Waals surface area contributed by atoms with E-state index in [0.29, 0.717) is 5.75 Å². The molecule has 0 unspecified atom stereocenters. The first-order valence-corrected chi connectivity index (χ1v) is 9.68. The van der Waals surface area contributed by atoms with Gasteiger partial charge in [0.1, 0.15) is 5.56 Å². The van der Waals surface area contributed by atoms with Crippen LogP contribution in [0, 0.1) is 0 Å². The summed E-state index contributed by atoms with van der Waals surface area (Å²) in [4.78, 5) is 27.6. The molecule has 3 rings (SSSR count). The van der Waals surface area contributed by atoms with Crippen molar-refractivity contribution in [3.05, 3.63) is 69.1 Å². The van der Waals surface area contributed by atoms with Gasteiger partial charge in [-0.15, -0.1) is 0 Å². The highest BCUT2D eigenvalue weighted by molar-refractivity contribution is 7.84. The number of aryl methyl sites for hydroxylation is 2. The normalized spacial score (nSPS) is 15.5. The molecule has 1 aromatic carbocycles. The second kappa shape index (κ2) is 7.13. The van der Waals surface area contributed by atoms with Crippen molar-refractivity contribution in [1.82, 2.24) is 10.3 Å². The SMILES string of the molecule is C[S@@](=O)C[C@@H](NC(=O)c1cc2c([nH]c1=O)CCC2)c1ccccc1. The molecule has 0 saturated carbocycles. The molecule has 126 valence electrons. The van der Waals surface area contributed by atoms with Gasteiger partial charge in [-0.05, 0) is 36.5 Å². The summed E-state index contributed by atoms with van der Waals surface area (Å²) in [7, 11) is -1.07. The average Bonchev–Trinajstić information content (AvgIpc) is 3.01. The molecule has 0 bridgehead atoms. The molecule has 5 nitrogen and oxygen atoms in total. The van der Waals surface area contributed by atoms with Crippen LogP contribution in [0.15, 0.2) is 41.2 Å². The van der Waals surface area contributed by atoms with E-state index in [1.165, 1.54) is 0 Å². The molecule has 24 heavy (non-hydrogen) atoms. The highest BCUT2D eigenvalue weighted by atomic mass is 32.2. The Kier molecular flexibility index (Phi) is 4.94. The monoisotopic (exact) mass is 344 g/mol. The maximum absolute atomic E-state index is 12.6. The topological polar surface area (TPSA) is 79.0 Å². The lowest BCUT2D eigenvalue weighted by Crippen LogP contribution is -2.35. The predicted octanol–water partition coefficient (Wildman–Crippen LogP) is 1.71. The van der Waals surface area contributed by atoms with Crippen molar-refractivity contribution < 1.29 is 9.00 Å². The minimum atomic E-state index is -1.07. The Labute approximate surface area is 143 Å². The Morgan fingerprint density at radius 2 is 2.04 bits per heavy atom. The van der Waals surface area contributed by atoms with Crippen LogP contribution in [0.2, 0.25) is 0 Å². The highest BCUT2D eigenvalue weighted by Crippen LogP contribution is 2.19. The van der Waals surface area contributed by atoms with Crippen molar-refractivity contribution in [3.8, 4) is 0 Å². The number of nitrogens with one attached hydrogen (secondary N) is 2. The molecule has 1 aromatic heterocycles. The van der Waals surface area contributed by atoms with Crippen LogP contribution in [0.4, 0.5) is 0 Å². The molecule has 1 amide bonds. The molecule has 2 aromatic rings. The standard InChI is InChI=1S/C18H20N2O3S/c1-24(23)11-16(12-6-3-2-4-7-12)20-18(22)14-10-13-8-5-9-15(13)19-17(14)21/h2-4,6-7,10,16H,5,8-9,11H2,1H3,(H,19,21)(H,20,22)/t16-,24-/m1/s1. The summed E-state index contributed by atoms with van der Waals surface area (Å²) in [5.41, 5.74) is 2.61. The zero-order valence-electron chi connectivity index (χ0n) is 13.5. The molecular formula is C18H20N2O3S. The molecule has 0 fully saturated rings. The molecule has 1 aliphatic rings. The molecular weight excluding hydrogens is 324 g/mol. The van der Waals surface area contributed by atoms with Crippen LogP contribution in [0.3, 0.4) is 0 Å². The first-order valence-electron chi connectivity index (χ1n) is 7.95. The van der Waals surface area contributed by atoms with Crippen LogP contribution in [0.25, 0.3) is 0 Å². The van der Waals surface area contributed by atoms with Gasteiger partial charge in [-0.1, -0.05) is 30.3 Å². The van der Waals surface area contributed by atoms with Crippen molar-refractivity contribution >= 4 is 16.7 Å². The lowest BCUT2D eigenvalue weighted by molar-refractivity contribution is 0.0939. The maximum atomic E-state index is 12.6. The summed E-state index contributed by atoms with van der Waals surface area (Å²) in [6.45, 7) is 0. The van der Waals surface area contributed by atoms with E-state index < -0.39 is 22.7 Å². The van der Waals surface area contributed by atoms with E-state index >= 15 is 0 Å².